The van der Waals surface area contributed by atoms with Gasteiger partial charge in [0.15, 0.2) is 0 Å². The highest BCUT2D eigenvalue weighted by atomic mass is 14.8. The van der Waals surface area contributed by atoms with E-state index in [0.717, 1.165) is 13.0 Å². The second-order valence-electron chi connectivity index (χ2n) is 5.40. The number of rotatable bonds is 8. The highest BCUT2D eigenvalue weighted by Gasteiger charge is 2.11. The van der Waals surface area contributed by atoms with Crippen LogP contribution in [0.15, 0.2) is 60.7 Å². The fourth-order valence-electron chi connectivity index (χ4n) is 2.70. The van der Waals surface area contributed by atoms with Gasteiger partial charge in [0, 0.05) is 0 Å². The summed E-state index contributed by atoms with van der Waals surface area (Å²) >= 11 is 0. The Balaban J connectivity index is 2.00. The van der Waals surface area contributed by atoms with Crippen molar-refractivity contribution < 1.29 is 0 Å². The van der Waals surface area contributed by atoms with Gasteiger partial charge < -0.3 is 5.32 Å². The Bertz CT molecular complexity index is 464. The Kier molecular flexibility index (Phi) is 6.33. The zero-order valence-corrected chi connectivity index (χ0v) is 12.4. The molecule has 1 atom stereocenters. The third kappa shape index (κ3) is 4.82. The van der Waals surface area contributed by atoms with Crippen molar-refractivity contribution in [3.63, 3.8) is 0 Å². The van der Waals surface area contributed by atoms with Crippen LogP contribution in [-0.2, 0) is 6.42 Å². The molecule has 1 nitrogen and oxygen atoms in total. The van der Waals surface area contributed by atoms with Crippen LogP contribution >= 0.6 is 0 Å². The standard InChI is InChI=1S/C19H25N/c1-20-15-9-8-14-19(18-12-6-3-7-13-18)16-17-10-4-2-5-11-17/h2-7,10-13,19-20H,8-9,14-16H2,1H3. The predicted molar refractivity (Wildman–Crippen MR) is 87.1 cm³/mol. The Hall–Kier alpha value is -1.60. The molecule has 2 aromatic rings. The molecule has 1 heteroatoms. The molecule has 106 valence electrons. The van der Waals surface area contributed by atoms with Crippen molar-refractivity contribution in [1.29, 1.82) is 0 Å². The van der Waals surface area contributed by atoms with Crippen molar-refractivity contribution in [2.75, 3.05) is 13.6 Å². The minimum atomic E-state index is 0.635. The number of benzene rings is 2. The summed E-state index contributed by atoms with van der Waals surface area (Å²) in [6, 6.07) is 21.8. The summed E-state index contributed by atoms with van der Waals surface area (Å²) in [7, 11) is 2.03. The van der Waals surface area contributed by atoms with Crippen molar-refractivity contribution in [1.82, 2.24) is 5.32 Å². The van der Waals surface area contributed by atoms with Crippen LogP contribution in [0.3, 0.4) is 0 Å². The van der Waals surface area contributed by atoms with Crippen molar-refractivity contribution in [2.24, 2.45) is 0 Å². The maximum atomic E-state index is 3.23. The van der Waals surface area contributed by atoms with Crippen molar-refractivity contribution in [3.05, 3.63) is 71.8 Å². The highest BCUT2D eigenvalue weighted by Crippen LogP contribution is 2.26. The molecule has 0 saturated carbocycles. The van der Waals surface area contributed by atoms with Crippen LogP contribution in [0.4, 0.5) is 0 Å². The minimum absolute atomic E-state index is 0.635. The van der Waals surface area contributed by atoms with Crippen LogP contribution in [0.5, 0.6) is 0 Å². The molecule has 0 radical (unpaired) electrons. The smallest absolute Gasteiger partial charge is 0.00519 e. The second kappa shape index (κ2) is 8.55. The lowest BCUT2D eigenvalue weighted by Crippen LogP contribution is -2.09. The minimum Gasteiger partial charge on any atom is -0.320 e. The number of nitrogens with one attached hydrogen (secondary N) is 1. The molecule has 0 saturated heterocycles. The zero-order valence-electron chi connectivity index (χ0n) is 12.4. The average Bonchev–Trinajstić information content (AvgIpc) is 2.52. The normalized spacial score (nSPS) is 12.2. The number of hydrogen-bond donors (Lipinski definition) is 1. The Labute approximate surface area is 123 Å². The van der Waals surface area contributed by atoms with E-state index < -0.39 is 0 Å². The summed E-state index contributed by atoms with van der Waals surface area (Å²) < 4.78 is 0. The second-order valence-corrected chi connectivity index (χ2v) is 5.40. The van der Waals surface area contributed by atoms with Gasteiger partial charge in [-0.1, -0.05) is 67.1 Å². The van der Waals surface area contributed by atoms with Gasteiger partial charge in [0.2, 0.25) is 0 Å². The topological polar surface area (TPSA) is 12.0 Å². The third-order valence-electron chi connectivity index (χ3n) is 3.83. The molecule has 0 aromatic heterocycles. The van der Waals surface area contributed by atoms with E-state index in [4.69, 9.17) is 0 Å². The fraction of sp³-hybridized carbons (Fsp3) is 0.368. The Morgan fingerprint density at radius 1 is 0.850 bits per heavy atom. The lowest BCUT2D eigenvalue weighted by molar-refractivity contribution is 0.557. The van der Waals surface area contributed by atoms with E-state index in [1.807, 2.05) is 7.05 Å². The molecule has 0 aliphatic heterocycles. The predicted octanol–water partition coefficient (Wildman–Crippen LogP) is 4.40. The van der Waals surface area contributed by atoms with Crippen LogP contribution in [-0.4, -0.2) is 13.6 Å². The maximum Gasteiger partial charge on any atom is -0.00519 e. The van der Waals surface area contributed by atoms with Crippen molar-refractivity contribution in [2.45, 2.75) is 31.6 Å². The first-order valence-electron chi connectivity index (χ1n) is 7.63. The molecule has 0 fully saturated rings. The van der Waals surface area contributed by atoms with E-state index in [0.29, 0.717) is 5.92 Å². The molecule has 1 unspecified atom stereocenters. The monoisotopic (exact) mass is 267 g/mol. The first kappa shape index (κ1) is 14.8. The van der Waals surface area contributed by atoms with Gasteiger partial charge in [-0.2, -0.15) is 0 Å². The maximum absolute atomic E-state index is 3.23. The molecule has 0 spiro atoms. The molecule has 0 amide bonds. The molecule has 1 N–H and O–H groups in total. The number of unbranched alkanes of at least 4 members (excludes halogenated alkanes) is 1. The first-order chi connectivity index (χ1) is 9.90. The summed E-state index contributed by atoms with van der Waals surface area (Å²) in [5.74, 6) is 0.635. The average molecular weight is 267 g/mol. The van der Waals surface area contributed by atoms with Crippen molar-refractivity contribution >= 4 is 0 Å². The summed E-state index contributed by atoms with van der Waals surface area (Å²) in [6.07, 6.45) is 4.95. The van der Waals surface area contributed by atoms with Gasteiger partial charge in [-0.05, 0) is 49.9 Å². The van der Waals surface area contributed by atoms with Gasteiger partial charge in [0.05, 0.1) is 0 Å². The van der Waals surface area contributed by atoms with Gasteiger partial charge in [-0.25, -0.2) is 0 Å². The Morgan fingerprint density at radius 3 is 2.15 bits per heavy atom. The van der Waals surface area contributed by atoms with Crippen LogP contribution in [0.1, 0.15) is 36.3 Å². The quantitative estimate of drug-likeness (QED) is 0.699. The molecule has 0 bridgehead atoms. The summed E-state index contributed by atoms with van der Waals surface area (Å²) in [4.78, 5) is 0. The van der Waals surface area contributed by atoms with Crippen LogP contribution in [0.25, 0.3) is 0 Å². The zero-order chi connectivity index (χ0) is 14.0. The van der Waals surface area contributed by atoms with E-state index in [9.17, 15) is 0 Å². The lowest BCUT2D eigenvalue weighted by atomic mass is 9.88. The highest BCUT2D eigenvalue weighted by molar-refractivity contribution is 5.24. The molecule has 0 aliphatic rings. The lowest BCUT2D eigenvalue weighted by Gasteiger charge is -2.17. The van der Waals surface area contributed by atoms with Crippen LogP contribution < -0.4 is 5.32 Å². The van der Waals surface area contributed by atoms with E-state index in [1.165, 1.54) is 30.4 Å². The van der Waals surface area contributed by atoms with Crippen molar-refractivity contribution in [3.8, 4) is 0 Å². The van der Waals surface area contributed by atoms with E-state index >= 15 is 0 Å². The van der Waals surface area contributed by atoms with E-state index in [2.05, 4.69) is 66.0 Å². The van der Waals surface area contributed by atoms with E-state index in [-0.39, 0.29) is 0 Å². The summed E-state index contributed by atoms with van der Waals surface area (Å²) in [6.45, 7) is 1.12. The summed E-state index contributed by atoms with van der Waals surface area (Å²) in [5, 5.41) is 3.23. The SMILES string of the molecule is CNCCCCC(Cc1ccccc1)c1ccccc1. The molecular formula is C19H25N. The molecule has 20 heavy (non-hydrogen) atoms. The van der Waals surface area contributed by atoms with Gasteiger partial charge in [-0.3, -0.25) is 0 Å². The molecule has 2 aromatic carbocycles. The summed E-state index contributed by atoms with van der Waals surface area (Å²) in [5.41, 5.74) is 2.91. The molecular weight excluding hydrogens is 242 g/mol. The Morgan fingerprint density at radius 2 is 1.50 bits per heavy atom. The van der Waals surface area contributed by atoms with Crippen LogP contribution in [0.2, 0.25) is 0 Å². The molecule has 0 heterocycles. The van der Waals surface area contributed by atoms with Gasteiger partial charge in [-0.15, -0.1) is 0 Å². The first-order valence-corrected chi connectivity index (χ1v) is 7.63. The molecule has 0 aliphatic carbocycles. The van der Waals surface area contributed by atoms with Gasteiger partial charge in [0.1, 0.15) is 0 Å². The van der Waals surface area contributed by atoms with Gasteiger partial charge >= 0.3 is 0 Å². The fourth-order valence-corrected chi connectivity index (χ4v) is 2.70. The van der Waals surface area contributed by atoms with E-state index in [1.54, 1.807) is 0 Å². The third-order valence-corrected chi connectivity index (χ3v) is 3.83. The number of hydrogen-bond acceptors (Lipinski definition) is 1. The van der Waals surface area contributed by atoms with Crippen LogP contribution in [0, 0.1) is 0 Å². The largest absolute Gasteiger partial charge is 0.320 e. The molecule has 2 rings (SSSR count). The van der Waals surface area contributed by atoms with Gasteiger partial charge in [0.25, 0.3) is 0 Å².